The van der Waals surface area contributed by atoms with E-state index in [4.69, 9.17) is 9.84 Å². The van der Waals surface area contributed by atoms with Crippen molar-refractivity contribution in [3.8, 4) is 16.2 Å². The molecule has 4 nitrogen and oxygen atoms in total. The van der Waals surface area contributed by atoms with Gasteiger partial charge < -0.3 is 9.84 Å². The van der Waals surface area contributed by atoms with Crippen molar-refractivity contribution in [1.29, 1.82) is 0 Å². The van der Waals surface area contributed by atoms with Gasteiger partial charge in [-0.1, -0.05) is 18.2 Å². The fourth-order valence-electron chi connectivity index (χ4n) is 2.76. The fraction of sp³-hybridized carbons (Fsp3) is 0.182. The molecule has 27 heavy (non-hydrogen) atoms. The molecule has 2 aromatic carbocycles. The number of Topliss-reactive ketones (excluding diaryl/α,β-unsaturated/α-hetero) is 1. The van der Waals surface area contributed by atoms with Gasteiger partial charge in [0.1, 0.15) is 5.75 Å². The number of benzene rings is 2. The van der Waals surface area contributed by atoms with Crippen molar-refractivity contribution in [2.75, 3.05) is 0 Å². The Kier molecular flexibility index (Phi) is 5.72. The van der Waals surface area contributed by atoms with Gasteiger partial charge in [-0.15, -0.1) is 11.3 Å². The zero-order valence-electron chi connectivity index (χ0n) is 15.1. The highest BCUT2D eigenvalue weighted by Gasteiger charge is 2.15. The molecule has 3 rings (SSSR count). The molecule has 0 saturated heterocycles. The second kappa shape index (κ2) is 8.18. The maximum Gasteiger partial charge on any atom is 0.335 e. The van der Waals surface area contributed by atoms with Crippen LogP contribution in [-0.2, 0) is 6.42 Å². The Bertz CT molecular complexity index is 941. The molecule has 0 atom stereocenters. The summed E-state index contributed by atoms with van der Waals surface area (Å²) in [5.41, 5.74) is 2.51. The molecule has 5 heteroatoms. The Hall–Kier alpha value is -2.92. The second-order valence-electron chi connectivity index (χ2n) is 6.45. The van der Waals surface area contributed by atoms with Crippen molar-refractivity contribution in [1.82, 2.24) is 0 Å². The zero-order chi connectivity index (χ0) is 19.4. The highest BCUT2D eigenvalue weighted by molar-refractivity contribution is 7.13. The monoisotopic (exact) mass is 380 g/mol. The molecule has 0 spiro atoms. The third-order valence-corrected chi connectivity index (χ3v) is 4.95. The van der Waals surface area contributed by atoms with Gasteiger partial charge in [-0.2, -0.15) is 0 Å². The topological polar surface area (TPSA) is 63.6 Å². The number of rotatable bonds is 7. The zero-order valence-corrected chi connectivity index (χ0v) is 16.0. The van der Waals surface area contributed by atoms with Crippen molar-refractivity contribution in [3.63, 3.8) is 0 Å². The van der Waals surface area contributed by atoms with Gasteiger partial charge in [-0.05, 0) is 61.2 Å². The van der Waals surface area contributed by atoms with Crippen molar-refractivity contribution < 1.29 is 19.4 Å². The maximum absolute atomic E-state index is 12.7. The number of thiophene rings is 1. The molecule has 3 aromatic rings. The Morgan fingerprint density at radius 2 is 1.74 bits per heavy atom. The van der Waals surface area contributed by atoms with E-state index in [0.717, 1.165) is 16.0 Å². The summed E-state index contributed by atoms with van der Waals surface area (Å²) in [6.07, 6.45) is 0.189. The SMILES string of the molecule is CC(C)Oc1ccc(-c2cccs2)cc1CC(=O)c1ccc(C(=O)O)cc1. The van der Waals surface area contributed by atoms with Crippen LogP contribution in [0.25, 0.3) is 10.4 Å². The Morgan fingerprint density at radius 1 is 1.04 bits per heavy atom. The van der Waals surface area contributed by atoms with Gasteiger partial charge in [-0.25, -0.2) is 4.79 Å². The molecule has 0 unspecified atom stereocenters. The van der Waals surface area contributed by atoms with Gasteiger partial charge in [0.05, 0.1) is 11.7 Å². The van der Waals surface area contributed by atoms with Crippen molar-refractivity contribution in [2.45, 2.75) is 26.4 Å². The molecule has 0 amide bonds. The van der Waals surface area contributed by atoms with Crippen LogP contribution in [0.4, 0.5) is 0 Å². The molecule has 0 radical (unpaired) electrons. The first-order chi connectivity index (χ1) is 12.9. The summed E-state index contributed by atoms with van der Waals surface area (Å²) in [7, 11) is 0. The number of hydrogen-bond donors (Lipinski definition) is 1. The molecule has 0 fully saturated rings. The van der Waals surface area contributed by atoms with Gasteiger partial charge in [0, 0.05) is 22.4 Å². The molecule has 1 aromatic heterocycles. The molecule has 138 valence electrons. The lowest BCUT2D eigenvalue weighted by Gasteiger charge is -2.15. The van der Waals surface area contributed by atoms with Gasteiger partial charge >= 0.3 is 5.97 Å². The molecule has 1 N–H and O–H groups in total. The third-order valence-electron chi connectivity index (χ3n) is 4.03. The van der Waals surface area contributed by atoms with Crippen LogP contribution in [0.1, 0.15) is 40.1 Å². The first-order valence-corrected chi connectivity index (χ1v) is 9.52. The van der Waals surface area contributed by atoms with Crippen LogP contribution < -0.4 is 4.74 Å². The summed E-state index contributed by atoms with van der Waals surface area (Å²) in [6.45, 7) is 3.90. The minimum Gasteiger partial charge on any atom is -0.491 e. The molecule has 0 aliphatic heterocycles. The van der Waals surface area contributed by atoms with E-state index < -0.39 is 5.97 Å². The number of ketones is 1. The number of hydrogen-bond acceptors (Lipinski definition) is 4. The molecular weight excluding hydrogens is 360 g/mol. The quantitative estimate of drug-likeness (QED) is 0.563. The average Bonchev–Trinajstić information content (AvgIpc) is 3.17. The van der Waals surface area contributed by atoms with Crippen LogP contribution in [0.2, 0.25) is 0 Å². The molecule has 0 bridgehead atoms. The summed E-state index contributed by atoms with van der Waals surface area (Å²) in [5.74, 6) is -0.394. The lowest BCUT2D eigenvalue weighted by molar-refractivity contribution is 0.0696. The molecule has 1 heterocycles. The van der Waals surface area contributed by atoms with Gasteiger partial charge in [0.15, 0.2) is 5.78 Å². The largest absolute Gasteiger partial charge is 0.491 e. The van der Waals surface area contributed by atoms with E-state index in [0.29, 0.717) is 11.3 Å². The summed E-state index contributed by atoms with van der Waals surface area (Å²) < 4.78 is 5.88. The minimum absolute atomic E-state index is 0.00119. The number of carboxylic acid groups (broad SMARTS) is 1. The number of ether oxygens (including phenoxy) is 1. The molecule has 0 saturated carbocycles. The van der Waals surface area contributed by atoms with E-state index in [1.807, 2.05) is 49.6 Å². The van der Waals surface area contributed by atoms with E-state index in [-0.39, 0.29) is 23.9 Å². The van der Waals surface area contributed by atoms with Crippen molar-refractivity contribution >= 4 is 23.1 Å². The predicted octanol–water partition coefficient (Wildman–Crippen LogP) is 5.33. The van der Waals surface area contributed by atoms with Crippen molar-refractivity contribution in [2.24, 2.45) is 0 Å². The van der Waals surface area contributed by atoms with Crippen LogP contribution in [0.5, 0.6) is 5.75 Å². The summed E-state index contributed by atoms with van der Waals surface area (Å²) in [5, 5.41) is 11.0. The van der Waals surface area contributed by atoms with E-state index in [1.54, 1.807) is 23.5 Å². The Morgan fingerprint density at radius 3 is 2.33 bits per heavy atom. The summed E-state index contributed by atoms with van der Waals surface area (Å²) in [4.78, 5) is 24.8. The summed E-state index contributed by atoms with van der Waals surface area (Å²) >= 11 is 1.64. The number of carboxylic acids is 1. The first-order valence-electron chi connectivity index (χ1n) is 8.64. The average molecular weight is 380 g/mol. The van der Waals surface area contributed by atoms with E-state index >= 15 is 0 Å². The maximum atomic E-state index is 12.7. The lowest BCUT2D eigenvalue weighted by Crippen LogP contribution is -2.10. The number of carbonyl (C=O) groups is 2. The highest BCUT2D eigenvalue weighted by atomic mass is 32.1. The van der Waals surface area contributed by atoms with Crippen LogP contribution in [0.15, 0.2) is 60.0 Å². The normalized spacial score (nSPS) is 10.8. The molecule has 0 aliphatic carbocycles. The first kappa shape index (κ1) is 18.9. The number of aromatic carboxylic acids is 1. The second-order valence-corrected chi connectivity index (χ2v) is 7.40. The van der Waals surface area contributed by atoms with Crippen molar-refractivity contribution in [3.05, 3.63) is 76.7 Å². The van der Waals surface area contributed by atoms with Crippen LogP contribution >= 0.6 is 11.3 Å². The third kappa shape index (κ3) is 4.63. The Balaban J connectivity index is 1.89. The molecular formula is C22H20O4S. The Labute approximate surface area is 162 Å². The van der Waals surface area contributed by atoms with E-state index in [9.17, 15) is 9.59 Å². The smallest absolute Gasteiger partial charge is 0.335 e. The highest BCUT2D eigenvalue weighted by Crippen LogP contribution is 2.31. The lowest BCUT2D eigenvalue weighted by atomic mass is 9.99. The van der Waals surface area contributed by atoms with E-state index in [2.05, 4.69) is 0 Å². The number of carbonyl (C=O) groups excluding carboxylic acids is 1. The van der Waals surface area contributed by atoms with Gasteiger partial charge in [0.25, 0.3) is 0 Å². The predicted molar refractivity (Wildman–Crippen MR) is 107 cm³/mol. The molecule has 0 aliphatic rings. The van der Waals surface area contributed by atoms with Gasteiger partial charge in [0.2, 0.25) is 0 Å². The van der Waals surface area contributed by atoms with Crippen LogP contribution in [-0.4, -0.2) is 23.0 Å². The summed E-state index contributed by atoms with van der Waals surface area (Å²) in [6, 6.07) is 15.9. The van der Waals surface area contributed by atoms with E-state index in [1.165, 1.54) is 12.1 Å². The van der Waals surface area contributed by atoms with Crippen LogP contribution in [0.3, 0.4) is 0 Å². The fourth-order valence-corrected chi connectivity index (χ4v) is 3.48. The standard InChI is InChI=1S/C22H20O4S/c1-14(2)26-20-10-9-17(21-4-3-11-27-21)12-18(20)13-19(23)15-5-7-16(8-6-15)22(24)25/h3-12,14H,13H2,1-2H3,(H,24,25). The van der Waals surface area contributed by atoms with Gasteiger partial charge in [-0.3, -0.25) is 4.79 Å². The van der Waals surface area contributed by atoms with Crippen LogP contribution in [0, 0.1) is 0 Å². The minimum atomic E-state index is -1.01.